The Bertz CT molecular complexity index is 246. The van der Waals surface area contributed by atoms with Crippen LogP contribution < -0.4 is 10.6 Å². The summed E-state index contributed by atoms with van der Waals surface area (Å²) in [5.41, 5.74) is 0. The Morgan fingerprint density at radius 3 is 2.65 bits per heavy atom. The molecular weight excluding hydrogens is 232 g/mol. The van der Waals surface area contributed by atoms with E-state index in [0.717, 1.165) is 31.1 Å². The fourth-order valence-corrected chi connectivity index (χ4v) is 3.63. The van der Waals surface area contributed by atoms with E-state index in [4.69, 9.17) is 0 Å². The van der Waals surface area contributed by atoms with Crippen LogP contribution >= 0.6 is 11.8 Å². The monoisotopic (exact) mass is 256 g/mol. The van der Waals surface area contributed by atoms with E-state index in [2.05, 4.69) is 16.9 Å². The lowest BCUT2D eigenvalue weighted by Crippen LogP contribution is -2.40. The molecule has 1 saturated carbocycles. The Balaban J connectivity index is 1.65. The number of hydrogen-bond donors (Lipinski definition) is 2. The molecule has 98 valence electrons. The van der Waals surface area contributed by atoms with Crippen molar-refractivity contribution in [1.29, 1.82) is 0 Å². The first-order valence-corrected chi connectivity index (χ1v) is 8.12. The number of carbonyl (C=O) groups excluding carboxylic acids is 1. The van der Waals surface area contributed by atoms with E-state index in [0.29, 0.717) is 18.5 Å². The normalized spacial score (nSPS) is 33.6. The van der Waals surface area contributed by atoms with Gasteiger partial charge >= 0.3 is 0 Å². The Kier molecular flexibility index (Phi) is 5.16. The van der Waals surface area contributed by atoms with Crippen molar-refractivity contribution in [3.05, 3.63) is 0 Å². The van der Waals surface area contributed by atoms with Crippen LogP contribution in [0, 0.1) is 0 Å². The minimum atomic E-state index is 0.247. The van der Waals surface area contributed by atoms with Crippen molar-refractivity contribution in [2.45, 2.75) is 62.3 Å². The molecule has 0 spiro atoms. The van der Waals surface area contributed by atoms with E-state index in [1.54, 1.807) is 0 Å². The summed E-state index contributed by atoms with van der Waals surface area (Å²) < 4.78 is 0. The zero-order valence-electron chi connectivity index (χ0n) is 10.7. The van der Waals surface area contributed by atoms with E-state index < -0.39 is 0 Å². The summed E-state index contributed by atoms with van der Waals surface area (Å²) in [4.78, 5) is 11.9. The molecule has 0 aromatic rings. The van der Waals surface area contributed by atoms with Crippen LogP contribution in [0.3, 0.4) is 0 Å². The molecule has 1 amide bonds. The highest BCUT2D eigenvalue weighted by Gasteiger charge is 2.23. The molecule has 0 aromatic heterocycles. The Morgan fingerprint density at radius 1 is 1.29 bits per heavy atom. The number of amides is 1. The average molecular weight is 256 g/mol. The van der Waals surface area contributed by atoms with Crippen molar-refractivity contribution in [1.82, 2.24) is 10.6 Å². The highest BCUT2D eigenvalue weighted by atomic mass is 32.2. The first kappa shape index (κ1) is 13.2. The van der Waals surface area contributed by atoms with Gasteiger partial charge in [-0.2, -0.15) is 11.8 Å². The summed E-state index contributed by atoms with van der Waals surface area (Å²) in [6.45, 7) is 1.08. The smallest absolute Gasteiger partial charge is 0.221 e. The van der Waals surface area contributed by atoms with Crippen molar-refractivity contribution in [2.75, 3.05) is 12.8 Å². The van der Waals surface area contributed by atoms with Gasteiger partial charge in [-0.1, -0.05) is 0 Å². The first-order chi connectivity index (χ1) is 8.28. The van der Waals surface area contributed by atoms with Gasteiger partial charge < -0.3 is 10.6 Å². The molecule has 4 heteroatoms. The van der Waals surface area contributed by atoms with Crippen molar-refractivity contribution < 1.29 is 4.79 Å². The van der Waals surface area contributed by atoms with Gasteiger partial charge in [0.1, 0.15) is 0 Å². The fraction of sp³-hybridized carbons (Fsp3) is 0.923. The molecule has 1 unspecified atom stereocenters. The van der Waals surface area contributed by atoms with Gasteiger partial charge in [0.2, 0.25) is 5.91 Å². The molecule has 1 heterocycles. The molecule has 2 aliphatic rings. The molecule has 0 aromatic carbocycles. The summed E-state index contributed by atoms with van der Waals surface area (Å²) >= 11 is 1.97. The summed E-state index contributed by atoms with van der Waals surface area (Å²) in [6, 6.07) is 0.866. The van der Waals surface area contributed by atoms with Crippen LogP contribution in [-0.4, -0.2) is 36.0 Å². The summed E-state index contributed by atoms with van der Waals surface area (Å²) in [5.74, 6) is 0.247. The SMILES string of the molecule is CSC1CCC(NC(=O)CC2CCCN2)CC1. The maximum absolute atomic E-state index is 11.9. The Hall–Kier alpha value is -0.220. The third-order valence-corrected chi connectivity index (χ3v) is 5.10. The topological polar surface area (TPSA) is 41.1 Å². The van der Waals surface area contributed by atoms with Crippen LogP contribution in [0.15, 0.2) is 0 Å². The molecule has 17 heavy (non-hydrogen) atoms. The van der Waals surface area contributed by atoms with Gasteiger partial charge in [0, 0.05) is 23.8 Å². The number of nitrogens with one attached hydrogen (secondary N) is 2. The van der Waals surface area contributed by atoms with Crippen LogP contribution in [0.2, 0.25) is 0 Å². The van der Waals surface area contributed by atoms with Crippen LogP contribution in [0.25, 0.3) is 0 Å². The van der Waals surface area contributed by atoms with Gasteiger partial charge in [0.05, 0.1) is 0 Å². The van der Waals surface area contributed by atoms with E-state index in [1.807, 2.05) is 11.8 Å². The highest BCUT2D eigenvalue weighted by molar-refractivity contribution is 7.99. The van der Waals surface area contributed by atoms with E-state index >= 15 is 0 Å². The lowest BCUT2D eigenvalue weighted by Gasteiger charge is -2.28. The van der Waals surface area contributed by atoms with E-state index in [9.17, 15) is 4.79 Å². The molecular formula is C13H24N2OS. The maximum atomic E-state index is 11.9. The number of carbonyl (C=O) groups is 1. The Labute approximate surface area is 108 Å². The minimum absolute atomic E-state index is 0.247. The summed E-state index contributed by atoms with van der Waals surface area (Å²) in [5, 5.41) is 7.40. The third kappa shape index (κ3) is 4.18. The zero-order valence-corrected chi connectivity index (χ0v) is 11.5. The van der Waals surface area contributed by atoms with Crippen molar-refractivity contribution >= 4 is 17.7 Å². The van der Waals surface area contributed by atoms with Crippen molar-refractivity contribution in [2.24, 2.45) is 0 Å². The van der Waals surface area contributed by atoms with Crippen LogP contribution in [0.4, 0.5) is 0 Å². The molecule has 1 aliphatic heterocycles. The van der Waals surface area contributed by atoms with Gasteiger partial charge in [0.25, 0.3) is 0 Å². The predicted molar refractivity (Wildman–Crippen MR) is 73.3 cm³/mol. The zero-order chi connectivity index (χ0) is 12.1. The second-order valence-electron chi connectivity index (χ2n) is 5.27. The minimum Gasteiger partial charge on any atom is -0.353 e. The van der Waals surface area contributed by atoms with Gasteiger partial charge in [-0.25, -0.2) is 0 Å². The van der Waals surface area contributed by atoms with Gasteiger partial charge in [-0.15, -0.1) is 0 Å². The maximum Gasteiger partial charge on any atom is 0.221 e. The van der Waals surface area contributed by atoms with Crippen LogP contribution in [0.5, 0.6) is 0 Å². The Morgan fingerprint density at radius 2 is 2.06 bits per heavy atom. The molecule has 2 rings (SSSR count). The third-order valence-electron chi connectivity index (χ3n) is 3.97. The summed E-state index contributed by atoms with van der Waals surface area (Å²) in [7, 11) is 0. The second-order valence-corrected chi connectivity index (χ2v) is 6.41. The molecule has 2 fully saturated rings. The quantitative estimate of drug-likeness (QED) is 0.807. The molecule has 0 bridgehead atoms. The number of rotatable bonds is 4. The van der Waals surface area contributed by atoms with E-state index in [-0.39, 0.29) is 5.91 Å². The van der Waals surface area contributed by atoms with Gasteiger partial charge in [-0.3, -0.25) is 4.79 Å². The van der Waals surface area contributed by atoms with Crippen LogP contribution in [-0.2, 0) is 4.79 Å². The largest absolute Gasteiger partial charge is 0.353 e. The van der Waals surface area contributed by atoms with Crippen molar-refractivity contribution in [3.8, 4) is 0 Å². The molecule has 1 saturated heterocycles. The highest BCUT2D eigenvalue weighted by Crippen LogP contribution is 2.26. The van der Waals surface area contributed by atoms with E-state index in [1.165, 1.54) is 19.3 Å². The molecule has 3 nitrogen and oxygen atoms in total. The summed E-state index contributed by atoms with van der Waals surface area (Å²) in [6.07, 6.45) is 10.1. The van der Waals surface area contributed by atoms with Crippen molar-refractivity contribution in [3.63, 3.8) is 0 Å². The molecule has 0 radical (unpaired) electrons. The number of hydrogen-bond acceptors (Lipinski definition) is 3. The number of thioether (sulfide) groups is 1. The molecule has 1 aliphatic carbocycles. The molecule has 1 atom stereocenters. The predicted octanol–water partition coefficient (Wildman–Crippen LogP) is 1.92. The van der Waals surface area contributed by atoms with Gasteiger partial charge in [-0.05, 0) is 51.3 Å². The fourth-order valence-electron chi connectivity index (χ4n) is 2.88. The first-order valence-electron chi connectivity index (χ1n) is 6.83. The average Bonchev–Trinajstić information content (AvgIpc) is 2.82. The second kappa shape index (κ2) is 6.64. The van der Waals surface area contributed by atoms with Gasteiger partial charge in [0.15, 0.2) is 0 Å². The molecule has 2 N–H and O–H groups in total. The lowest BCUT2D eigenvalue weighted by molar-refractivity contribution is -0.122. The van der Waals surface area contributed by atoms with Crippen LogP contribution in [0.1, 0.15) is 44.9 Å². The standard InChI is InChI=1S/C13H24N2OS/c1-17-12-6-4-10(5-7-12)15-13(16)9-11-3-2-8-14-11/h10-12,14H,2-9H2,1H3,(H,15,16). The lowest BCUT2D eigenvalue weighted by atomic mass is 9.94.